The summed E-state index contributed by atoms with van der Waals surface area (Å²) >= 11 is 0. The van der Waals surface area contributed by atoms with Gasteiger partial charge in [0.25, 0.3) is 5.91 Å². The molecule has 2 N–H and O–H groups in total. The first kappa shape index (κ1) is 15.3. The van der Waals surface area contributed by atoms with Crippen LogP contribution in [-0.4, -0.2) is 22.0 Å². The van der Waals surface area contributed by atoms with Crippen molar-refractivity contribution in [1.29, 1.82) is 0 Å². The summed E-state index contributed by atoms with van der Waals surface area (Å²) in [6, 6.07) is 3.99. The average Bonchev–Trinajstić information content (AvgIpc) is 2.40. The van der Waals surface area contributed by atoms with Crippen LogP contribution in [0.5, 0.6) is 5.75 Å². The van der Waals surface area contributed by atoms with E-state index in [1.807, 2.05) is 0 Å². The molecule has 1 aromatic carbocycles. The number of nitro benzene ring substituents is 1. The second kappa shape index (κ2) is 5.71. The number of hydrogen-bond donors (Lipinski definition) is 2. The topological polar surface area (TPSA) is 92.5 Å². The van der Waals surface area contributed by atoms with Gasteiger partial charge in [0, 0.05) is 12.1 Å². The molecule has 1 fully saturated rings. The van der Waals surface area contributed by atoms with Crippen molar-refractivity contribution in [3.8, 4) is 5.75 Å². The molecule has 0 spiro atoms. The van der Waals surface area contributed by atoms with Gasteiger partial charge in [-0.2, -0.15) is 0 Å². The molecule has 1 aromatic rings. The summed E-state index contributed by atoms with van der Waals surface area (Å²) in [7, 11) is 0. The van der Waals surface area contributed by atoms with E-state index < -0.39 is 22.3 Å². The van der Waals surface area contributed by atoms with Crippen molar-refractivity contribution in [1.82, 2.24) is 5.32 Å². The van der Waals surface area contributed by atoms with Gasteiger partial charge >= 0.3 is 5.69 Å². The van der Waals surface area contributed by atoms with Gasteiger partial charge in [0.1, 0.15) is 0 Å². The maximum absolute atomic E-state index is 12.3. The number of benzene rings is 1. The number of carbonyl (C=O) groups excluding carboxylic acids is 1. The zero-order valence-corrected chi connectivity index (χ0v) is 12.3. The molecule has 6 heteroatoms. The number of phenolic OH excluding ortho intramolecular Hbond substituents is 1. The first-order chi connectivity index (χ1) is 9.83. The Morgan fingerprint density at radius 3 is 2.76 bits per heavy atom. The van der Waals surface area contributed by atoms with Crippen LogP contribution in [0, 0.1) is 15.5 Å². The van der Waals surface area contributed by atoms with E-state index in [0.29, 0.717) is 0 Å². The van der Waals surface area contributed by atoms with Gasteiger partial charge in [-0.3, -0.25) is 14.9 Å². The highest BCUT2D eigenvalue weighted by Gasteiger charge is 2.34. The lowest BCUT2D eigenvalue weighted by Crippen LogP contribution is -2.46. The molecule has 1 amide bonds. The summed E-state index contributed by atoms with van der Waals surface area (Å²) in [6.07, 6.45) is 4.10. The zero-order valence-electron chi connectivity index (χ0n) is 12.3. The third-order valence-corrected chi connectivity index (χ3v) is 4.27. The predicted octanol–water partition coefficient (Wildman–Crippen LogP) is 3.00. The SMILES string of the molecule is CC1(C)CCCCC1NC(=O)c1cccc([N+](=O)[O-])c1O. The quantitative estimate of drug-likeness (QED) is 0.661. The number of phenols is 1. The highest BCUT2D eigenvalue weighted by molar-refractivity contribution is 5.98. The van der Waals surface area contributed by atoms with Crippen molar-refractivity contribution in [2.45, 2.75) is 45.6 Å². The van der Waals surface area contributed by atoms with Gasteiger partial charge < -0.3 is 10.4 Å². The zero-order chi connectivity index (χ0) is 15.6. The van der Waals surface area contributed by atoms with Crippen LogP contribution in [0.15, 0.2) is 18.2 Å². The molecule has 0 aromatic heterocycles. The van der Waals surface area contributed by atoms with E-state index in [9.17, 15) is 20.0 Å². The highest BCUT2D eigenvalue weighted by Crippen LogP contribution is 2.36. The molecule has 0 radical (unpaired) electrons. The first-order valence-corrected chi connectivity index (χ1v) is 7.10. The van der Waals surface area contributed by atoms with E-state index in [4.69, 9.17) is 0 Å². The second-order valence-corrected chi connectivity index (χ2v) is 6.19. The van der Waals surface area contributed by atoms with E-state index in [2.05, 4.69) is 19.2 Å². The number of aromatic hydroxyl groups is 1. The molecule has 21 heavy (non-hydrogen) atoms. The smallest absolute Gasteiger partial charge is 0.311 e. The van der Waals surface area contributed by atoms with Gasteiger partial charge in [0.15, 0.2) is 0 Å². The number of carbonyl (C=O) groups is 1. The molecule has 1 aliphatic rings. The fourth-order valence-corrected chi connectivity index (χ4v) is 2.86. The molecular weight excluding hydrogens is 272 g/mol. The van der Waals surface area contributed by atoms with Gasteiger partial charge in [0.2, 0.25) is 5.75 Å². The average molecular weight is 292 g/mol. The van der Waals surface area contributed by atoms with Crippen LogP contribution in [-0.2, 0) is 0 Å². The Labute approximate surface area is 123 Å². The van der Waals surface area contributed by atoms with Crippen LogP contribution in [0.4, 0.5) is 5.69 Å². The largest absolute Gasteiger partial charge is 0.502 e. The second-order valence-electron chi connectivity index (χ2n) is 6.19. The summed E-state index contributed by atoms with van der Waals surface area (Å²) in [5, 5.41) is 23.6. The minimum absolute atomic E-state index is 0.00968. The van der Waals surface area contributed by atoms with Crippen LogP contribution in [0.25, 0.3) is 0 Å². The lowest BCUT2D eigenvalue weighted by atomic mass is 9.73. The van der Waals surface area contributed by atoms with Crippen LogP contribution < -0.4 is 5.32 Å². The molecule has 0 heterocycles. The van der Waals surface area contributed by atoms with Crippen molar-refractivity contribution in [2.75, 3.05) is 0 Å². The maximum Gasteiger partial charge on any atom is 0.311 e. The Bertz CT molecular complexity index is 569. The minimum Gasteiger partial charge on any atom is -0.502 e. The molecule has 114 valence electrons. The third kappa shape index (κ3) is 3.15. The van der Waals surface area contributed by atoms with Crippen molar-refractivity contribution in [3.63, 3.8) is 0 Å². The van der Waals surface area contributed by atoms with E-state index in [1.165, 1.54) is 18.2 Å². The first-order valence-electron chi connectivity index (χ1n) is 7.10. The highest BCUT2D eigenvalue weighted by atomic mass is 16.6. The Morgan fingerprint density at radius 1 is 1.43 bits per heavy atom. The number of para-hydroxylation sites is 1. The Kier molecular flexibility index (Phi) is 4.16. The van der Waals surface area contributed by atoms with E-state index >= 15 is 0 Å². The van der Waals surface area contributed by atoms with Gasteiger partial charge in [-0.15, -0.1) is 0 Å². The summed E-state index contributed by atoms with van der Waals surface area (Å²) < 4.78 is 0. The van der Waals surface area contributed by atoms with Gasteiger partial charge in [0.05, 0.1) is 10.5 Å². The van der Waals surface area contributed by atoms with Crippen LogP contribution >= 0.6 is 0 Å². The van der Waals surface area contributed by atoms with E-state index in [0.717, 1.165) is 25.7 Å². The van der Waals surface area contributed by atoms with Crippen molar-refractivity contribution >= 4 is 11.6 Å². The standard InChI is InChI=1S/C15H20N2O4/c1-15(2)9-4-3-8-12(15)16-14(19)10-6-5-7-11(13(10)18)17(20)21/h5-7,12,18H,3-4,8-9H2,1-2H3,(H,16,19). The van der Waals surface area contributed by atoms with Gasteiger partial charge in [-0.1, -0.05) is 32.8 Å². The maximum atomic E-state index is 12.3. The number of rotatable bonds is 3. The predicted molar refractivity (Wildman–Crippen MR) is 78.3 cm³/mol. The third-order valence-electron chi connectivity index (χ3n) is 4.27. The molecule has 0 bridgehead atoms. The van der Waals surface area contributed by atoms with Gasteiger partial charge in [-0.05, 0) is 24.3 Å². The summed E-state index contributed by atoms with van der Waals surface area (Å²) in [4.78, 5) is 22.4. The molecule has 2 rings (SSSR count). The summed E-state index contributed by atoms with van der Waals surface area (Å²) in [5.41, 5.74) is -0.513. The minimum atomic E-state index is -0.698. The van der Waals surface area contributed by atoms with Gasteiger partial charge in [-0.25, -0.2) is 0 Å². The molecule has 6 nitrogen and oxygen atoms in total. The fraction of sp³-hybridized carbons (Fsp3) is 0.533. The normalized spacial score (nSPS) is 20.8. The van der Waals surface area contributed by atoms with Crippen LogP contribution in [0.2, 0.25) is 0 Å². The lowest BCUT2D eigenvalue weighted by molar-refractivity contribution is -0.385. The van der Waals surface area contributed by atoms with Crippen LogP contribution in [0.3, 0.4) is 0 Å². The number of hydrogen-bond acceptors (Lipinski definition) is 4. The summed E-state index contributed by atoms with van der Waals surface area (Å²) in [5.74, 6) is -1.04. The monoisotopic (exact) mass is 292 g/mol. The molecule has 1 atom stereocenters. The summed E-state index contributed by atoms with van der Waals surface area (Å²) in [6.45, 7) is 4.20. The molecule has 0 aliphatic heterocycles. The lowest BCUT2D eigenvalue weighted by Gasteiger charge is -2.39. The van der Waals surface area contributed by atoms with Crippen LogP contribution in [0.1, 0.15) is 49.9 Å². The number of nitrogens with one attached hydrogen (secondary N) is 1. The Hall–Kier alpha value is -2.11. The fourth-order valence-electron chi connectivity index (χ4n) is 2.86. The number of nitro groups is 1. The number of amides is 1. The molecular formula is C15H20N2O4. The van der Waals surface area contributed by atoms with Crippen molar-refractivity contribution in [2.24, 2.45) is 5.41 Å². The number of nitrogens with zero attached hydrogens (tertiary/aromatic N) is 1. The van der Waals surface area contributed by atoms with E-state index in [1.54, 1.807) is 0 Å². The molecule has 1 saturated carbocycles. The van der Waals surface area contributed by atoms with Crippen molar-refractivity contribution in [3.05, 3.63) is 33.9 Å². The Balaban J connectivity index is 2.21. The molecule has 0 saturated heterocycles. The molecule has 1 unspecified atom stereocenters. The van der Waals surface area contributed by atoms with E-state index in [-0.39, 0.29) is 17.0 Å². The Morgan fingerprint density at radius 2 is 2.14 bits per heavy atom. The molecule has 1 aliphatic carbocycles. The van der Waals surface area contributed by atoms with Crippen molar-refractivity contribution < 1.29 is 14.8 Å².